The van der Waals surface area contributed by atoms with Gasteiger partial charge in [-0.25, -0.2) is 4.52 Å². The van der Waals surface area contributed by atoms with Crippen molar-refractivity contribution in [1.82, 2.24) is 14.6 Å². The maximum atomic E-state index is 4.43. The zero-order valence-corrected chi connectivity index (χ0v) is 10.0. The van der Waals surface area contributed by atoms with Gasteiger partial charge in [-0.05, 0) is 30.9 Å². The van der Waals surface area contributed by atoms with Crippen LogP contribution in [0.25, 0.3) is 15.2 Å². The largest absolute Gasteiger partial charge is 0.214 e. The summed E-state index contributed by atoms with van der Waals surface area (Å²) < 4.78 is 3.17. The van der Waals surface area contributed by atoms with Gasteiger partial charge in [-0.2, -0.15) is 4.98 Å². The van der Waals surface area contributed by atoms with Crippen molar-refractivity contribution in [2.45, 2.75) is 12.1 Å². The summed E-state index contributed by atoms with van der Waals surface area (Å²) in [5, 5.41) is 5.26. The number of aryl methyl sites for hydroxylation is 1. The maximum Gasteiger partial charge on any atom is 0.214 e. The molecule has 2 heterocycles. The Balaban J connectivity index is 2.40. The second-order valence-electron chi connectivity index (χ2n) is 3.37. The molecular weight excluding hydrogens is 226 g/mol. The standard InChI is InChI=1S/C10H9N3S2/c1-6-3-4-7-8(5-6)15-10-11-9(14-2)12-13(7)10/h3-5H,1-2H3. The number of thiazole rings is 1. The van der Waals surface area contributed by atoms with Crippen molar-refractivity contribution < 1.29 is 0 Å². The minimum atomic E-state index is 0.837. The van der Waals surface area contributed by atoms with Crippen LogP contribution in [0, 0.1) is 6.92 Å². The third kappa shape index (κ3) is 1.34. The van der Waals surface area contributed by atoms with Gasteiger partial charge < -0.3 is 0 Å². The average Bonchev–Trinajstić information content (AvgIpc) is 2.73. The van der Waals surface area contributed by atoms with Crippen molar-refractivity contribution in [2.75, 3.05) is 6.26 Å². The average molecular weight is 235 g/mol. The molecule has 5 heteroatoms. The molecule has 3 rings (SSSR count). The molecule has 15 heavy (non-hydrogen) atoms. The van der Waals surface area contributed by atoms with E-state index < -0.39 is 0 Å². The normalized spacial score (nSPS) is 11.6. The molecule has 3 nitrogen and oxygen atoms in total. The lowest BCUT2D eigenvalue weighted by atomic mass is 10.2. The summed E-state index contributed by atoms with van der Waals surface area (Å²) in [5.41, 5.74) is 2.42. The summed E-state index contributed by atoms with van der Waals surface area (Å²) >= 11 is 3.26. The highest BCUT2D eigenvalue weighted by Gasteiger charge is 2.09. The summed E-state index contributed by atoms with van der Waals surface area (Å²) in [6.07, 6.45) is 1.99. The van der Waals surface area contributed by atoms with Crippen LogP contribution in [-0.2, 0) is 0 Å². The van der Waals surface area contributed by atoms with Crippen molar-refractivity contribution >= 4 is 38.3 Å². The zero-order chi connectivity index (χ0) is 10.4. The van der Waals surface area contributed by atoms with E-state index in [0.29, 0.717) is 0 Å². The number of aromatic nitrogens is 3. The molecule has 1 aromatic carbocycles. The van der Waals surface area contributed by atoms with Gasteiger partial charge in [0.25, 0.3) is 0 Å². The van der Waals surface area contributed by atoms with Crippen LogP contribution in [0.2, 0.25) is 0 Å². The molecule has 0 aliphatic rings. The SMILES string of the molecule is CSc1nc2sc3cc(C)ccc3n2n1. The van der Waals surface area contributed by atoms with Crippen LogP contribution >= 0.6 is 23.1 Å². The molecular formula is C10H9N3S2. The van der Waals surface area contributed by atoms with Crippen LogP contribution in [0.15, 0.2) is 23.4 Å². The van der Waals surface area contributed by atoms with Gasteiger partial charge in [0.2, 0.25) is 10.1 Å². The molecule has 0 N–H and O–H groups in total. The minimum Gasteiger partial charge on any atom is -0.202 e. The monoisotopic (exact) mass is 235 g/mol. The van der Waals surface area contributed by atoms with E-state index in [1.54, 1.807) is 23.1 Å². The number of fused-ring (bicyclic) bond motifs is 3. The summed E-state index contributed by atoms with van der Waals surface area (Å²) in [5.74, 6) is 0. The fourth-order valence-electron chi connectivity index (χ4n) is 1.57. The number of thioether (sulfide) groups is 1. The first-order valence-electron chi connectivity index (χ1n) is 4.58. The summed E-state index contributed by atoms with van der Waals surface area (Å²) in [6, 6.07) is 6.39. The Morgan fingerprint density at radius 3 is 3.07 bits per heavy atom. The molecule has 0 fully saturated rings. The number of hydrogen-bond donors (Lipinski definition) is 0. The van der Waals surface area contributed by atoms with E-state index in [1.165, 1.54) is 10.3 Å². The Labute approximate surface area is 95.1 Å². The van der Waals surface area contributed by atoms with Crippen molar-refractivity contribution in [3.05, 3.63) is 23.8 Å². The molecule has 2 aromatic heterocycles. The second kappa shape index (κ2) is 3.21. The molecule has 0 saturated heterocycles. The molecule has 0 unspecified atom stereocenters. The summed E-state index contributed by atoms with van der Waals surface area (Å²) in [6.45, 7) is 2.10. The van der Waals surface area contributed by atoms with Gasteiger partial charge >= 0.3 is 0 Å². The predicted octanol–water partition coefficient (Wildman–Crippen LogP) is 2.97. The molecule has 0 bridgehead atoms. The Kier molecular flexibility index (Phi) is 1.97. The molecule has 3 aromatic rings. The van der Waals surface area contributed by atoms with Gasteiger partial charge in [0.05, 0.1) is 10.2 Å². The minimum absolute atomic E-state index is 0.837. The number of hydrogen-bond acceptors (Lipinski definition) is 4. The van der Waals surface area contributed by atoms with Gasteiger partial charge in [0, 0.05) is 0 Å². The second-order valence-corrected chi connectivity index (χ2v) is 5.15. The first-order chi connectivity index (χ1) is 7.28. The molecule has 0 atom stereocenters. The van der Waals surface area contributed by atoms with Gasteiger partial charge in [0.15, 0.2) is 0 Å². The predicted molar refractivity (Wildman–Crippen MR) is 64.9 cm³/mol. The maximum absolute atomic E-state index is 4.43. The smallest absolute Gasteiger partial charge is 0.202 e. The number of nitrogens with zero attached hydrogens (tertiary/aromatic N) is 3. The highest BCUT2D eigenvalue weighted by molar-refractivity contribution is 7.98. The topological polar surface area (TPSA) is 30.2 Å². The lowest BCUT2D eigenvalue weighted by Gasteiger charge is -1.91. The van der Waals surface area contributed by atoms with Gasteiger partial charge in [-0.1, -0.05) is 29.2 Å². The van der Waals surface area contributed by atoms with E-state index in [4.69, 9.17) is 0 Å². The third-order valence-electron chi connectivity index (χ3n) is 2.29. The van der Waals surface area contributed by atoms with Crippen LogP contribution in [0.4, 0.5) is 0 Å². The lowest BCUT2D eigenvalue weighted by molar-refractivity contribution is 0.919. The summed E-state index contributed by atoms with van der Waals surface area (Å²) in [4.78, 5) is 5.40. The molecule has 0 amide bonds. The molecule has 0 radical (unpaired) electrons. The fraction of sp³-hybridized carbons (Fsp3) is 0.200. The van der Waals surface area contributed by atoms with E-state index in [2.05, 4.69) is 35.2 Å². The van der Waals surface area contributed by atoms with E-state index in [1.807, 2.05) is 10.8 Å². The van der Waals surface area contributed by atoms with Crippen molar-refractivity contribution in [3.8, 4) is 0 Å². The molecule has 76 valence electrons. The van der Waals surface area contributed by atoms with Gasteiger partial charge in [0.1, 0.15) is 0 Å². The first-order valence-corrected chi connectivity index (χ1v) is 6.62. The summed E-state index contributed by atoms with van der Waals surface area (Å²) in [7, 11) is 0. The Morgan fingerprint density at radius 2 is 2.27 bits per heavy atom. The van der Waals surface area contributed by atoms with Crippen molar-refractivity contribution in [1.29, 1.82) is 0 Å². The van der Waals surface area contributed by atoms with Crippen LogP contribution < -0.4 is 0 Å². The number of rotatable bonds is 1. The van der Waals surface area contributed by atoms with Gasteiger partial charge in [-0.3, -0.25) is 0 Å². The molecule has 0 aliphatic heterocycles. The fourth-order valence-corrected chi connectivity index (χ4v) is 3.02. The van der Waals surface area contributed by atoms with E-state index in [0.717, 1.165) is 15.6 Å². The van der Waals surface area contributed by atoms with Crippen LogP contribution in [0.5, 0.6) is 0 Å². The molecule has 0 spiro atoms. The Morgan fingerprint density at radius 1 is 1.40 bits per heavy atom. The molecule has 0 aliphatic carbocycles. The van der Waals surface area contributed by atoms with E-state index in [9.17, 15) is 0 Å². The highest BCUT2D eigenvalue weighted by atomic mass is 32.2. The third-order valence-corrected chi connectivity index (χ3v) is 3.82. The number of benzene rings is 1. The Hall–Kier alpha value is -1.07. The first kappa shape index (κ1) is 9.18. The van der Waals surface area contributed by atoms with Crippen LogP contribution in [0.1, 0.15) is 5.56 Å². The highest BCUT2D eigenvalue weighted by Crippen LogP contribution is 2.27. The van der Waals surface area contributed by atoms with E-state index in [-0.39, 0.29) is 0 Å². The Bertz CT molecular complexity index is 638. The van der Waals surface area contributed by atoms with E-state index >= 15 is 0 Å². The molecule has 0 saturated carbocycles. The van der Waals surface area contributed by atoms with Crippen molar-refractivity contribution in [2.24, 2.45) is 0 Å². The van der Waals surface area contributed by atoms with Gasteiger partial charge in [-0.15, -0.1) is 5.10 Å². The zero-order valence-electron chi connectivity index (χ0n) is 8.39. The van der Waals surface area contributed by atoms with Crippen LogP contribution in [0.3, 0.4) is 0 Å². The lowest BCUT2D eigenvalue weighted by Crippen LogP contribution is -1.83. The van der Waals surface area contributed by atoms with Crippen molar-refractivity contribution in [3.63, 3.8) is 0 Å². The van der Waals surface area contributed by atoms with Crippen LogP contribution in [-0.4, -0.2) is 20.9 Å². The quantitative estimate of drug-likeness (QED) is 0.607.